The minimum Gasteiger partial charge on any atom is -0.489 e. The average Bonchev–Trinajstić information content (AvgIpc) is 2.60. The van der Waals surface area contributed by atoms with Crippen LogP contribution in [0.25, 0.3) is 11.1 Å². The van der Waals surface area contributed by atoms with Gasteiger partial charge in [-0.1, -0.05) is 54.6 Å². The van der Waals surface area contributed by atoms with E-state index in [-0.39, 0.29) is 0 Å². The lowest BCUT2D eigenvalue weighted by molar-refractivity contribution is -0.137. The normalized spacial score (nSPS) is 11.3. The Balaban J connectivity index is 1.75. The molecule has 122 valence electrons. The second-order valence-corrected chi connectivity index (χ2v) is 5.38. The van der Waals surface area contributed by atoms with E-state index < -0.39 is 11.7 Å². The van der Waals surface area contributed by atoms with Crippen LogP contribution in [0, 0.1) is 0 Å². The standard InChI is InChI=1S/C20H15F3O/c21-20(22,23)18-11-9-16(10-12-18)17-7-4-8-19(13-17)24-14-15-5-2-1-3-6-15/h1-13H,14H2. The highest BCUT2D eigenvalue weighted by Crippen LogP contribution is 2.31. The second-order valence-electron chi connectivity index (χ2n) is 5.38. The first kappa shape index (κ1) is 16.1. The molecule has 0 amide bonds. The molecule has 0 fully saturated rings. The van der Waals surface area contributed by atoms with Gasteiger partial charge in [0, 0.05) is 0 Å². The van der Waals surface area contributed by atoms with Crippen molar-refractivity contribution < 1.29 is 17.9 Å². The van der Waals surface area contributed by atoms with Gasteiger partial charge in [-0.25, -0.2) is 0 Å². The third kappa shape index (κ3) is 3.96. The zero-order valence-corrected chi connectivity index (χ0v) is 12.8. The number of alkyl halides is 3. The van der Waals surface area contributed by atoms with Crippen LogP contribution >= 0.6 is 0 Å². The molecule has 24 heavy (non-hydrogen) atoms. The number of ether oxygens (including phenoxy) is 1. The van der Waals surface area contributed by atoms with Crippen LogP contribution in [0.2, 0.25) is 0 Å². The summed E-state index contributed by atoms with van der Waals surface area (Å²) in [4.78, 5) is 0. The molecule has 0 aliphatic carbocycles. The Morgan fingerprint density at radius 3 is 2.08 bits per heavy atom. The van der Waals surface area contributed by atoms with E-state index in [0.29, 0.717) is 17.9 Å². The van der Waals surface area contributed by atoms with Gasteiger partial charge in [0.05, 0.1) is 5.56 Å². The third-order valence-corrected chi connectivity index (χ3v) is 3.63. The molecule has 0 radical (unpaired) electrons. The summed E-state index contributed by atoms with van der Waals surface area (Å²) < 4.78 is 43.6. The molecule has 0 unspecified atom stereocenters. The fourth-order valence-corrected chi connectivity index (χ4v) is 2.36. The molecule has 0 aromatic heterocycles. The maximum Gasteiger partial charge on any atom is 0.416 e. The number of benzene rings is 3. The van der Waals surface area contributed by atoms with E-state index in [2.05, 4.69) is 0 Å². The van der Waals surface area contributed by atoms with Crippen LogP contribution in [-0.4, -0.2) is 0 Å². The topological polar surface area (TPSA) is 9.23 Å². The summed E-state index contributed by atoms with van der Waals surface area (Å²) in [5.41, 5.74) is 1.93. The maximum absolute atomic E-state index is 12.6. The molecule has 0 aliphatic heterocycles. The van der Waals surface area contributed by atoms with E-state index in [1.165, 1.54) is 12.1 Å². The van der Waals surface area contributed by atoms with Gasteiger partial charge in [-0.2, -0.15) is 13.2 Å². The zero-order valence-electron chi connectivity index (χ0n) is 12.8. The molecule has 0 atom stereocenters. The maximum atomic E-state index is 12.6. The Hall–Kier alpha value is -2.75. The first-order valence-electron chi connectivity index (χ1n) is 7.47. The summed E-state index contributed by atoms with van der Waals surface area (Å²) in [6, 6.07) is 22.2. The summed E-state index contributed by atoms with van der Waals surface area (Å²) in [6.07, 6.45) is -4.32. The molecular formula is C20H15F3O. The highest BCUT2D eigenvalue weighted by atomic mass is 19.4. The fourth-order valence-electron chi connectivity index (χ4n) is 2.36. The van der Waals surface area contributed by atoms with Gasteiger partial charge in [-0.3, -0.25) is 0 Å². The molecule has 0 N–H and O–H groups in total. The van der Waals surface area contributed by atoms with Crippen molar-refractivity contribution in [2.45, 2.75) is 12.8 Å². The SMILES string of the molecule is FC(F)(F)c1ccc(-c2cccc(OCc3ccccc3)c2)cc1. The van der Waals surface area contributed by atoms with E-state index in [0.717, 1.165) is 23.3 Å². The molecule has 0 spiro atoms. The van der Waals surface area contributed by atoms with E-state index >= 15 is 0 Å². The van der Waals surface area contributed by atoms with Crippen molar-refractivity contribution in [3.8, 4) is 16.9 Å². The van der Waals surface area contributed by atoms with Crippen LogP contribution in [0.5, 0.6) is 5.75 Å². The lowest BCUT2D eigenvalue weighted by atomic mass is 10.0. The molecule has 3 aromatic carbocycles. The van der Waals surface area contributed by atoms with Gasteiger partial charge < -0.3 is 4.74 Å². The number of rotatable bonds is 4. The van der Waals surface area contributed by atoms with Crippen molar-refractivity contribution >= 4 is 0 Å². The van der Waals surface area contributed by atoms with Gasteiger partial charge in [0.15, 0.2) is 0 Å². The summed E-state index contributed by atoms with van der Waals surface area (Å²) >= 11 is 0. The van der Waals surface area contributed by atoms with Gasteiger partial charge >= 0.3 is 6.18 Å². The first-order valence-corrected chi connectivity index (χ1v) is 7.47. The lowest BCUT2D eigenvalue weighted by Gasteiger charge is -2.10. The lowest BCUT2D eigenvalue weighted by Crippen LogP contribution is -2.03. The molecule has 3 rings (SSSR count). The molecule has 0 saturated heterocycles. The summed E-state index contributed by atoms with van der Waals surface area (Å²) in [7, 11) is 0. The Morgan fingerprint density at radius 2 is 1.42 bits per heavy atom. The molecule has 3 aromatic rings. The van der Waals surface area contributed by atoms with Gasteiger partial charge in [-0.05, 0) is 41.0 Å². The number of halogens is 3. The van der Waals surface area contributed by atoms with E-state index in [1.807, 2.05) is 54.6 Å². The van der Waals surface area contributed by atoms with Crippen LogP contribution in [-0.2, 0) is 12.8 Å². The number of hydrogen-bond acceptors (Lipinski definition) is 1. The van der Waals surface area contributed by atoms with E-state index in [9.17, 15) is 13.2 Å². The molecular weight excluding hydrogens is 313 g/mol. The van der Waals surface area contributed by atoms with Crippen LogP contribution in [0.1, 0.15) is 11.1 Å². The van der Waals surface area contributed by atoms with Gasteiger partial charge in [0.1, 0.15) is 12.4 Å². The van der Waals surface area contributed by atoms with Crippen molar-refractivity contribution in [3.05, 3.63) is 90.0 Å². The van der Waals surface area contributed by atoms with Crippen LogP contribution in [0.15, 0.2) is 78.9 Å². The second kappa shape index (κ2) is 6.79. The highest BCUT2D eigenvalue weighted by Gasteiger charge is 2.29. The summed E-state index contributed by atoms with van der Waals surface area (Å²) in [5, 5.41) is 0. The Morgan fingerprint density at radius 1 is 0.708 bits per heavy atom. The quantitative estimate of drug-likeness (QED) is 0.575. The highest BCUT2D eigenvalue weighted by molar-refractivity contribution is 5.65. The zero-order chi connectivity index (χ0) is 17.0. The molecule has 0 saturated carbocycles. The van der Waals surface area contributed by atoms with Crippen molar-refractivity contribution in [3.63, 3.8) is 0 Å². The van der Waals surface area contributed by atoms with E-state index in [4.69, 9.17) is 4.74 Å². The average molecular weight is 328 g/mol. The van der Waals surface area contributed by atoms with Crippen LogP contribution in [0.3, 0.4) is 0 Å². The number of hydrogen-bond donors (Lipinski definition) is 0. The van der Waals surface area contributed by atoms with Crippen LogP contribution in [0.4, 0.5) is 13.2 Å². The summed E-state index contributed by atoms with van der Waals surface area (Å²) in [6.45, 7) is 0.442. The molecule has 0 heterocycles. The van der Waals surface area contributed by atoms with Crippen molar-refractivity contribution in [2.75, 3.05) is 0 Å². The van der Waals surface area contributed by atoms with Crippen molar-refractivity contribution in [2.24, 2.45) is 0 Å². The van der Waals surface area contributed by atoms with Gasteiger partial charge in [0.25, 0.3) is 0 Å². The monoisotopic (exact) mass is 328 g/mol. The molecule has 1 nitrogen and oxygen atoms in total. The Labute approximate surface area is 138 Å². The minimum atomic E-state index is -4.32. The predicted octanol–water partition coefficient (Wildman–Crippen LogP) is 5.95. The Kier molecular flexibility index (Phi) is 4.56. The molecule has 0 bridgehead atoms. The molecule has 4 heteroatoms. The third-order valence-electron chi connectivity index (χ3n) is 3.63. The minimum absolute atomic E-state index is 0.442. The van der Waals surface area contributed by atoms with Gasteiger partial charge in [0.2, 0.25) is 0 Å². The van der Waals surface area contributed by atoms with Crippen molar-refractivity contribution in [1.82, 2.24) is 0 Å². The first-order chi connectivity index (χ1) is 11.5. The molecule has 0 aliphatic rings. The fraction of sp³-hybridized carbons (Fsp3) is 0.100. The van der Waals surface area contributed by atoms with Crippen LogP contribution < -0.4 is 4.74 Å². The van der Waals surface area contributed by atoms with Crippen molar-refractivity contribution in [1.29, 1.82) is 0 Å². The van der Waals surface area contributed by atoms with E-state index in [1.54, 1.807) is 0 Å². The Bertz CT molecular complexity index is 793. The summed E-state index contributed by atoms with van der Waals surface area (Å²) in [5.74, 6) is 0.677. The van der Waals surface area contributed by atoms with Gasteiger partial charge in [-0.15, -0.1) is 0 Å². The predicted molar refractivity (Wildman–Crippen MR) is 87.7 cm³/mol. The largest absolute Gasteiger partial charge is 0.489 e. The smallest absolute Gasteiger partial charge is 0.416 e.